The summed E-state index contributed by atoms with van der Waals surface area (Å²) in [6.45, 7) is 4.51. The van der Waals surface area contributed by atoms with Crippen LogP contribution < -0.4 is 0 Å². The van der Waals surface area contributed by atoms with E-state index in [-0.39, 0.29) is 24.1 Å². The molecule has 0 aromatic carbocycles. The van der Waals surface area contributed by atoms with Gasteiger partial charge in [0.05, 0.1) is 11.8 Å². The zero-order valence-electron chi connectivity index (χ0n) is 11.7. The molecular formula is C14H19NO4S. The summed E-state index contributed by atoms with van der Waals surface area (Å²) in [5.41, 5.74) is 1.13. The quantitative estimate of drug-likeness (QED) is 0.926. The van der Waals surface area contributed by atoms with Gasteiger partial charge in [0.1, 0.15) is 12.2 Å². The Bertz CT molecular complexity index is 511. The van der Waals surface area contributed by atoms with Crippen LogP contribution in [-0.2, 0) is 11.2 Å². The van der Waals surface area contributed by atoms with E-state index >= 15 is 0 Å². The summed E-state index contributed by atoms with van der Waals surface area (Å²) in [5, 5.41) is 8.90. The number of carboxylic acid groups (broad SMARTS) is 1. The predicted octanol–water partition coefficient (Wildman–Crippen LogP) is 2.18. The van der Waals surface area contributed by atoms with Gasteiger partial charge in [-0.25, -0.2) is 0 Å². The molecule has 1 aliphatic heterocycles. The van der Waals surface area contributed by atoms with Gasteiger partial charge in [-0.2, -0.15) is 11.8 Å². The minimum Gasteiger partial charge on any atom is -0.481 e. The largest absolute Gasteiger partial charge is 0.481 e. The average molecular weight is 297 g/mol. The van der Waals surface area contributed by atoms with E-state index in [9.17, 15) is 9.59 Å². The molecule has 5 nitrogen and oxygen atoms in total. The van der Waals surface area contributed by atoms with Gasteiger partial charge in [0.15, 0.2) is 0 Å². The number of hydrogen-bond acceptors (Lipinski definition) is 4. The van der Waals surface area contributed by atoms with Gasteiger partial charge in [-0.15, -0.1) is 0 Å². The minimum atomic E-state index is -0.993. The summed E-state index contributed by atoms with van der Waals surface area (Å²) in [5.74, 6) is 1.12. The van der Waals surface area contributed by atoms with Gasteiger partial charge in [0.2, 0.25) is 0 Å². The molecule has 1 atom stereocenters. The van der Waals surface area contributed by atoms with Crippen molar-refractivity contribution in [3.8, 4) is 0 Å². The zero-order chi connectivity index (χ0) is 14.7. The zero-order valence-corrected chi connectivity index (χ0v) is 12.5. The molecule has 1 aromatic heterocycles. The third kappa shape index (κ3) is 3.17. The van der Waals surface area contributed by atoms with Crippen LogP contribution >= 0.6 is 11.8 Å². The highest BCUT2D eigenvalue weighted by Gasteiger charge is 2.28. The van der Waals surface area contributed by atoms with Gasteiger partial charge in [-0.3, -0.25) is 9.59 Å². The Morgan fingerprint density at radius 2 is 2.25 bits per heavy atom. The molecule has 1 amide bonds. The number of rotatable bonds is 3. The molecule has 0 spiro atoms. The first kappa shape index (κ1) is 15.0. The number of thioether (sulfide) groups is 1. The maximum absolute atomic E-state index is 12.7. The Kier molecular flexibility index (Phi) is 4.75. The molecule has 0 bridgehead atoms. The van der Waals surface area contributed by atoms with Crippen molar-refractivity contribution < 1.29 is 19.1 Å². The summed E-state index contributed by atoms with van der Waals surface area (Å²) >= 11 is 1.85. The molecule has 20 heavy (non-hydrogen) atoms. The van der Waals surface area contributed by atoms with E-state index in [2.05, 4.69) is 0 Å². The second kappa shape index (κ2) is 6.35. The Labute approximate surface area is 122 Å². The second-order valence-corrected chi connectivity index (χ2v) is 6.26. The summed E-state index contributed by atoms with van der Waals surface area (Å²) in [6, 6.07) is 0.171. The van der Waals surface area contributed by atoms with Crippen LogP contribution in [0.5, 0.6) is 0 Å². The van der Waals surface area contributed by atoms with E-state index in [1.807, 2.05) is 23.6 Å². The predicted molar refractivity (Wildman–Crippen MR) is 77.2 cm³/mol. The highest BCUT2D eigenvalue weighted by atomic mass is 32.2. The summed E-state index contributed by atoms with van der Waals surface area (Å²) in [6.07, 6.45) is 2.16. The molecule has 1 N–H and O–H groups in total. The minimum absolute atomic E-state index is 0.109. The average Bonchev–Trinajstić information content (AvgIpc) is 2.59. The van der Waals surface area contributed by atoms with Gasteiger partial charge in [-0.1, -0.05) is 0 Å². The van der Waals surface area contributed by atoms with Crippen molar-refractivity contribution >= 4 is 23.6 Å². The summed E-state index contributed by atoms with van der Waals surface area (Å²) in [7, 11) is 0. The molecule has 0 saturated carbocycles. The molecule has 1 fully saturated rings. The molecule has 6 heteroatoms. The Hall–Kier alpha value is -1.43. The number of furan rings is 1. The van der Waals surface area contributed by atoms with Crippen LogP contribution in [0.25, 0.3) is 0 Å². The third-order valence-electron chi connectivity index (χ3n) is 3.53. The molecule has 0 radical (unpaired) electrons. The van der Waals surface area contributed by atoms with Crippen molar-refractivity contribution in [2.24, 2.45) is 0 Å². The Morgan fingerprint density at radius 3 is 2.95 bits per heavy atom. The molecule has 110 valence electrons. The first-order valence-electron chi connectivity index (χ1n) is 6.68. The maximum atomic E-state index is 12.7. The standard InChI is InChI=1S/C14H19NO4S/c1-9-8-19-11(7-12(16)17)13(9)14(18)15-4-6-20-5-3-10(15)2/h8,10H,3-7H2,1-2H3,(H,16,17). The number of hydrogen-bond donors (Lipinski definition) is 1. The van der Waals surface area contributed by atoms with E-state index in [0.29, 0.717) is 17.7 Å². The number of carboxylic acids is 1. The lowest BCUT2D eigenvalue weighted by Crippen LogP contribution is -2.39. The number of aryl methyl sites for hydroxylation is 1. The first-order valence-corrected chi connectivity index (χ1v) is 7.83. The monoisotopic (exact) mass is 297 g/mol. The molecule has 0 aliphatic carbocycles. The van der Waals surface area contributed by atoms with Crippen LogP contribution in [0.4, 0.5) is 0 Å². The highest BCUT2D eigenvalue weighted by molar-refractivity contribution is 7.99. The molecule has 1 aliphatic rings. The van der Waals surface area contributed by atoms with Crippen molar-refractivity contribution in [2.45, 2.75) is 32.7 Å². The highest BCUT2D eigenvalue weighted by Crippen LogP contribution is 2.23. The number of nitrogens with zero attached hydrogens (tertiary/aromatic N) is 1. The lowest BCUT2D eigenvalue weighted by Gasteiger charge is -2.27. The molecule has 1 aromatic rings. The van der Waals surface area contributed by atoms with Crippen molar-refractivity contribution in [3.05, 3.63) is 23.2 Å². The first-order chi connectivity index (χ1) is 9.50. The molecule has 2 rings (SSSR count). The topological polar surface area (TPSA) is 70.7 Å². The van der Waals surface area contributed by atoms with Crippen LogP contribution in [0.15, 0.2) is 10.7 Å². The number of aliphatic carboxylic acids is 1. The summed E-state index contributed by atoms with van der Waals surface area (Å²) < 4.78 is 5.25. The number of carbonyl (C=O) groups excluding carboxylic acids is 1. The fourth-order valence-corrected chi connectivity index (χ4v) is 3.43. The lowest BCUT2D eigenvalue weighted by atomic mass is 10.1. The van der Waals surface area contributed by atoms with E-state index in [1.165, 1.54) is 6.26 Å². The van der Waals surface area contributed by atoms with Gasteiger partial charge >= 0.3 is 5.97 Å². The van der Waals surface area contributed by atoms with Gasteiger partial charge in [0, 0.05) is 23.9 Å². The second-order valence-electron chi connectivity index (χ2n) is 5.04. The van der Waals surface area contributed by atoms with Crippen molar-refractivity contribution in [1.82, 2.24) is 4.90 Å². The van der Waals surface area contributed by atoms with E-state index in [0.717, 1.165) is 17.9 Å². The normalized spacial score (nSPS) is 19.7. The van der Waals surface area contributed by atoms with E-state index in [1.54, 1.807) is 6.92 Å². The van der Waals surface area contributed by atoms with Crippen LogP contribution in [-0.4, -0.2) is 46.0 Å². The van der Waals surface area contributed by atoms with Crippen LogP contribution in [0.2, 0.25) is 0 Å². The third-order valence-corrected chi connectivity index (χ3v) is 4.52. The van der Waals surface area contributed by atoms with E-state index < -0.39 is 5.97 Å². The molecule has 2 heterocycles. The van der Waals surface area contributed by atoms with Crippen LogP contribution in [0.3, 0.4) is 0 Å². The molecule has 1 saturated heterocycles. The van der Waals surface area contributed by atoms with Crippen molar-refractivity contribution in [2.75, 3.05) is 18.1 Å². The SMILES string of the molecule is Cc1coc(CC(=O)O)c1C(=O)N1CCSCCC1C. The van der Waals surface area contributed by atoms with Crippen LogP contribution in [0, 0.1) is 6.92 Å². The fourth-order valence-electron chi connectivity index (χ4n) is 2.39. The smallest absolute Gasteiger partial charge is 0.311 e. The van der Waals surface area contributed by atoms with E-state index in [4.69, 9.17) is 9.52 Å². The fraction of sp³-hybridized carbons (Fsp3) is 0.571. The van der Waals surface area contributed by atoms with Gasteiger partial charge in [0.25, 0.3) is 5.91 Å². The van der Waals surface area contributed by atoms with Crippen LogP contribution in [0.1, 0.15) is 35.0 Å². The number of carbonyl (C=O) groups is 2. The number of amides is 1. The Morgan fingerprint density at radius 1 is 1.50 bits per heavy atom. The summed E-state index contributed by atoms with van der Waals surface area (Å²) in [4.78, 5) is 25.4. The van der Waals surface area contributed by atoms with Gasteiger partial charge < -0.3 is 14.4 Å². The maximum Gasteiger partial charge on any atom is 0.311 e. The molecular weight excluding hydrogens is 278 g/mol. The van der Waals surface area contributed by atoms with Crippen molar-refractivity contribution in [3.63, 3.8) is 0 Å². The van der Waals surface area contributed by atoms with Gasteiger partial charge in [-0.05, 0) is 26.0 Å². The van der Waals surface area contributed by atoms with Crippen molar-refractivity contribution in [1.29, 1.82) is 0 Å². The molecule has 1 unspecified atom stereocenters. The Balaban J connectivity index is 2.27. The lowest BCUT2D eigenvalue weighted by molar-refractivity contribution is -0.136.